The number of hydrogen-bond donors (Lipinski definition) is 2. The van der Waals surface area contributed by atoms with E-state index in [2.05, 4.69) is 0 Å². The largest absolute Gasteiger partial charge is 0.242 e. The molecule has 0 saturated heterocycles. The third kappa shape index (κ3) is 1810. The van der Waals surface area contributed by atoms with Gasteiger partial charge in [-0.05, 0) is 0 Å². The van der Waals surface area contributed by atoms with E-state index in [1.807, 2.05) is 0 Å². The van der Waals surface area contributed by atoms with Crippen LogP contribution in [0.4, 0.5) is 0 Å². The first-order chi connectivity index (χ1) is 2.83. The van der Waals surface area contributed by atoms with Crippen LogP contribution in [-0.4, -0.2) is 11.3 Å². The van der Waals surface area contributed by atoms with E-state index in [4.69, 9.17) is 34.0 Å². The molecule has 0 amide bonds. The molecule has 2 N–H and O–H groups in total. The van der Waals surface area contributed by atoms with E-state index >= 15 is 0 Å². The zero-order chi connectivity index (χ0) is 5.41. The number of alkyl halides is 2. The Morgan fingerprint density at radius 1 is 1.29 bits per heavy atom. The fourth-order valence-electron chi connectivity index (χ4n) is 0. The SMILES string of the molecule is Cl.ClCCl.N=C=N. The van der Waals surface area contributed by atoms with Crippen molar-refractivity contribution in [1.82, 2.24) is 0 Å². The van der Waals surface area contributed by atoms with Gasteiger partial charge in [0.1, 0.15) is 0 Å². The summed E-state index contributed by atoms with van der Waals surface area (Å²) in [5, 5.41) is 11.4. The molecule has 0 aromatic rings. The van der Waals surface area contributed by atoms with Gasteiger partial charge in [0.15, 0.2) is 0 Å². The normalized spacial score (nSPS) is 3.71. The summed E-state index contributed by atoms with van der Waals surface area (Å²) in [5.74, 6) is 0. The summed E-state index contributed by atoms with van der Waals surface area (Å²) in [6, 6.07) is 1.25. The summed E-state index contributed by atoms with van der Waals surface area (Å²) in [5.41, 5.74) is 0. The fraction of sp³-hybridized carbons (Fsp3) is 0.500. The highest BCUT2D eigenvalue weighted by Gasteiger charge is 1.41. The van der Waals surface area contributed by atoms with Crippen LogP contribution >= 0.6 is 35.6 Å². The summed E-state index contributed by atoms with van der Waals surface area (Å²) in [6.07, 6.45) is 0. The highest BCUT2D eigenvalue weighted by atomic mass is 35.5. The van der Waals surface area contributed by atoms with Crippen molar-refractivity contribution in [3.63, 3.8) is 0 Å². The maximum Gasteiger partial charge on any atom is 0.0967 e. The minimum atomic E-state index is 0. The fourth-order valence-corrected chi connectivity index (χ4v) is 0. The van der Waals surface area contributed by atoms with Crippen LogP contribution < -0.4 is 0 Å². The Bertz CT molecular complexity index is 40.2. The predicted molar refractivity (Wildman–Crippen MR) is 34.3 cm³/mol. The van der Waals surface area contributed by atoms with Crippen molar-refractivity contribution >= 4 is 41.6 Å². The van der Waals surface area contributed by atoms with Gasteiger partial charge in [-0.15, -0.1) is 35.6 Å². The average molecular weight is 163 g/mol. The number of hydrogen-bond acceptors (Lipinski definition) is 2. The zero-order valence-electron chi connectivity index (χ0n) is 3.37. The molecule has 0 aliphatic carbocycles. The summed E-state index contributed by atoms with van der Waals surface area (Å²) in [6.45, 7) is 0. The van der Waals surface area contributed by atoms with E-state index in [1.54, 1.807) is 0 Å². The van der Waals surface area contributed by atoms with Gasteiger partial charge in [-0.3, -0.25) is 0 Å². The highest BCUT2D eigenvalue weighted by molar-refractivity contribution is 6.40. The van der Waals surface area contributed by atoms with Crippen molar-refractivity contribution in [2.75, 3.05) is 5.34 Å². The first-order valence-corrected chi connectivity index (χ1v) is 2.10. The van der Waals surface area contributed by atoms with Gasteiger partial charge in [0.2, 0.25) is 0 Å². The lowest BCUT2D eigenvalue weighted by Gasteiger charge is -1.42. The lowest BCUT2D eigenvalue weighted by atomic mass is 11.6. The molecule has 2 nitrogen and oxygen atoms in total. The summed E-state index contributed by atoms with van der Waals surface area (Å²) < 4.78 is 0. The van der Waals surface area contributed by atoms with Gasteiger partial charge in [-0.25, -0.2) is 10.8 Å². The van der Waals surface area contributed by atoms with Crippen molar-refractivity contribution in [1.29, 1.82) is 10.8 Å². The molecule has 0 bridgehead atoms. The van der Waals surface area contributed by atoms with Crippen LogP contribution in [0.25, 0.3) is 0 Å². The van der Waals surface area contributed by atoms with Crippen LogP contribution in [0.1, 0.15) is 0 Å². The standard InChI is InChI=1S/CH2Cl2.CH2N2.ClH/c2*2-1-3;/h1H2;2-3H;1H. The molecule has 7 heavy (non-hydrogen) atoms. The molecule has 0 unspecified atom stereocenters. The second-order valence-electron chi connectivity index (χ2n) is 0.226. The van der Waals surface area contributed by atoms with E-state index in [9.17, 15) is 0 Å². The van der Waals surface area contributed by atoms with Gasteiger partial charge in [0.05, 0.1) is 11.3 Å². The zero-order valence-corrected chi connectivity index (χ0v) is 5.70. The van der Waals surface area contributed by atoms with Gasteiger partial charge in [-0.1, -0.05) is 0 Å². The second-order valence-corrected chi connectivity index (χ2v) is 1.03. The van der Waals surface area contributed by atoms with Crippen molar-refractivity contribution < 1.29 is 0 Å². The Kier molecular flexibility index (Phi) is 76.2. The second kappa shape index (κ2) is 34.0. The third-order valence-corrected chi connectivity index (χ3v) is 0. The molecule has 0 aromatic heterocycles. The van der Waals surface area contributed by atoms with Gasteiger partial charge in [0.25, 0.3) is 0 Å². The van der Waals surface area contributed by atoms with Gasteiger partial charge < -0.3 is 0 Å². The lowest BCUT2D eigenvalue weighted by Crippen LogP contribution is -1.24. The van der Waals surface area contributed by atoms with Crippen molar-refractivity contribution in [2.45, 2.75) is 0 Å². The van der Waals surface area contributed by atoms with Gasteiger partial charge >= 0.3 is 0 Å². The Hall–Kier alpha value is 0.250. The molecule has 0 aliphatic heterocycles. The molecule has 0 aliphatic rings. The molecule has 0 rings (SSSR count). The lowest BCUT2D eigenvalue weighted by molar-refractivity contribution is 1.47. The Morgan fingerprint density at radius 3 is 1.29 bits per heavy atom. The average Bonchev–Trinajstić information content (AvgIpc) is 1.39. The molecule has 0 radical (unpaired) electrons. The Labute approximate surface area is 58.2 Å². The quantitative estimate of drug-likeness (QED) is 0.406. The first-order valence-electron chi connectivity index (χ1n) is 1.03. The molecule has 0 fully saturated rings. The van der Waals surface area contributed by atoms with Gasteiger partial charge in [0, 0.05) is 0 Å². The monoisotopic (exact) mass is 162 g/mol. The Morgan fingerprint density at radius 2 is 1.29 bits per heavy atom. The van der Waals surface area contributed by atoms with E-state index in [0.717, 1.165) is 0 Å². The van der Waals surface area contributed by atoms with Crippen molar-refractivity contribution in [3.05, 3.63) is 0 Å². The molecule has 0 atom stereocenters. The topological polar surface area (TPSA) is 47.7 Å². The highest BCUT2D eigenvalue weighted by Crippen LogP contribution is 1.73. The number of rotatable bonds is 0. The van der Waals surface area contributed by atoms with Gasteiger partial charge in [-0.2, -0.15) is 0 Å². The minimum Gasteiger partial charge on any atom is -0.242 e. The van der Waals surface area contributed by atoms with E-state index in [-0.39, 0.29) is 17.7 Å². The van der Waals surface area contributed by atoms with Crippen LogP contribution in [0, 0.1) is 10.8 Å². The van der Waals surface area contributed by atoms with Crippen molar-refractivity contribution in [2.24, 2.45) is 0 Å². The third-order valence-electron chi connectivity index (χ3n) is 0. The van der Waals surface area contributed by atoms with E-state index in [1.165, 1.54) is 6.01 Å². The smallest absolute Gasteiger partial charge is 0.0967 e. The molecular formula is C2H5Cl3N2. The molecule has 5 heteroatoms. The van der Waals surface area contributed by atoms with Crippen LogP contribution in [0.3, 0.4) is 0 Å². The van der Waals surface area contributed by atoms with Crippen LogP contribution in [0.2, 0.25) is 0 Å². The molecule has 0 aromatic carbocycles. The summed E-state index contributed by atoms with van der Waals surface area (Å²) in [7, 11) is 0. The summed E-state index contributed by atoms with van der Waals surface area (Å²) in [4.78, 5) is 0. The van der Waals surface area contributed by atoms with Crippen LogP contribution in [0.15, 0.2) is 0 Å². The molecule has 0 saturated carbocycles. The van der Waals surface area contributed by atoms with Crippen LogP contribution in [-0.2, 0) is 0 Å². The molecular weight excluding hydrogens is 158 g/mol. The number of halogens is 3. The molecule has 0 heterocycles. The van der Waals surface area contributed by atoms with E-state index < -0.39 is 0 Å². The molecule has 0 spiro atoms. The first kappa shape index (κ1) is 15.7. The van der Waals surface area contributed by atoms with E-state index in [0.29, 0.717) is 0 Å². The van der Waals surface area contributed by atoms with Crippen molar-refractivity contribution in [3.8, 4) is 0 Å². The maximum absolute atomic E-state index is 5.62. The summed E-state index contributed by atoms with van der Waals surface area (Å²) >= 11 is 9.53. The minimum absolute atomic E-state index is 0. The number of nitrogens with one attached hydrogen (secondary N) is 2. The van der Waals surface area contributed by atoms with Crippen LogP contribution in [0.5, 0.6) is 0 Å². The Balaban J connectivity index is -0.0000000400. The predicted octanol–water partition coefficient (Wildman–Crippen LogP) is 2.16. The maximum atomic E-state index is 5.62. The molecule has 44 valence electrons.